The van der Waals surface area contributed by atoms with Crippen molar-refractivity contribution in [1.29, 1.82) is 0 Å². The van der Waals surface area contributed by atoms with Gasteiger partial charge in [0.25, 0.3) is 0 Å². The lowest BCUT2D eigenvalue weighted by atomic mass is 10.0. The van der Waals surface area contributed by atoms with Gasteiger partial charge in [-0.3, -0.25) is 0 Å². The third kappa shape index (κ3) is 0.565. The second-order valence-corrected chi connectivity index (χ2v) is 3.61. The van der Waals surface area contributed by atoms with Crippen LogP contribution in [0.1, 0.15) is 13.3 Å². The molecule has 1 saturated heterocycles. The first kappa shape index (κ1) is 6.62. The largest absolute Gasteiger partial charge is 0.396 e. The Labute approximate surface area is 61.6 Å². The highest BCUT2D eigenvalue weighted by Crippen LogP contribution is 2.62. The van der Waals surface area contributed by atoms with Gasteiger partial charge < -0.3 is 10.4 Å². The molecule has 0 aromatic carbocycles. The zero-order chi connectivity index (χ0) is 7.19. The summed E-state index contributed by atoms with van der Waals surface area (Å²) >= 11 is 0. The Morgan fingerprint density at radius 2 is 2.50 bits per heavy atom. The van der Waals surface area contributed by atoms with Crippen molar-refractivity contribution in [2.75, 3.05) is 19.7 Å². The van der Waals surface area contributed by atoms with Gasteiger partial charge >= 0.3 is 0 Å². The van der Waals surface area contributed by atoms with Crippen LogP contribution in [-0.4, -0.2) is 24.8 Å². The molecule has 1 aliphatic heterocycles. The molecule has 2 nitrogen and oxygen atoms in total. The summed E-state index contributed by atoms with van der Waals surface area (Å²) < 4.78 is 0. The molecule has 0 amide bonds. The SMILES string of the molecule is CCC12CNCC1C2CO. The van der Waals surface area contributed by atoms with Crippen LogP contribution >= 0.6 is 0 Å². The minimum Gasteiger partial charge on any atom is -0.396 e. The summed E-state index contributed by atoms with van der Waals surface area (Å²) in [4.78, 5) is 0. The van der Waals surface area contributed by atoms with E-state index in [4.69, 9.17) is 5.11 Å². The van der Waals surface area contributed by atoms with Crippen LogP contribution in [0.4, 0.5) is 0 Å². The molecule has 2 N–H and O–H groups in total. The summed E-state index contributed by atoms with van der Waals surface area (Å²) in [5.74, 6) is 1.42. The third-order valence-corrected chi connectivity index (χ3v) is 3.53. The molecular formula is C8H15NO. The number of aliphatic hydroxyl groups excluding tert-OH is 1. The zero-order valence-electron chi connectivity index (χ0n) is 6.43. The van der Waals surface area contributed by atoms with E-state index in [-0.39, 0.29) is 0 Å². The van der Waals surface area contributed by atoms with Crippen LogP contribution < -0.4 is 5.32 Å². The average Bonchev–Trinajstić information content (AvgIpc) is 2.38. The topological polar surface area (TPSA) is 32.3 Å². The number of nitrogens with one attached hydrogen (secondary N) is 1. The number of rotatable bonds is 2. The summed E-state index contributed by atoms with van der Waals surface area (Å²) in [6, 6.07) is 0. The van der Waals surface area contributed by atoms with Crippen LogP contribution in [0, 0.1) is 17.3 Å². The third-order valence-electron chi connectivity index (χ3n) is 3.53. The maximum absolute atomic E-state index is 8.98. The highest BCUT2D eigenvalue weighted by molar-refractivity contribution is 5.15. The van der Waals surface area contributed by atoms with Crippen molar-refractivity contribution < 1.29 is 5.11 Å². The summed E-state index contributed by atoms with van der Waals surface area (Å²) in [7, 11) is 0. The quantitative estimate of drug-likeness (QED) is 0.576. The van der Waals surface area contributed by atoms with E-state index in [9.17, 15) is 0 Å². The first-order valence-electron chi connectivity index (χ1n) is 4.16. The van der Waals surface area contributed by atoms with E-state index in [1.54, 1.807) is 0 Å². The van der Waals surface area contributed by atoms with Crippen LogP contribution in [0.2, 0.25) is 0 Å². The number of hydrogen-bond acceptors (Lipinski definition) is 2. The van der Waals surface area contributed by atoms with E-state index in [0.717, 1.165) is 19.0 Å². The highest BCUT2D eigenvalue weighted by Gasteiger charge is 2.64. The van der Waals surface area contributed by atoms with Gasteiger partial charge in [0.15, 0.2) is 0 Å². The second-order valence-electron chi connectivity index (χ2n) is 3.61. The normalized spacial score (nSPS) is 51.0. The predicted octanol–water partition coefficient (Wildman–Crippen LogP) is 0.224. The maximum atomic E-state index is 8.98. The maximum Gasteiger partial charge on any atom is 0.0468 e. The molecule has 0 aromatic heterocycles. The lowest BCUT2D eigenvalue weighted by molar-refractivity contribution is 0.239. The molecule has 0 bridgehead atoms. The number of fused-ring (bicyclic) bond motifs is 1. The van der Waals surface area contributed by atoms with E-state index in [0.29, 0.717) is 17.9 Å². The van der Waals surface area contributed by atoms with Crippen LogP contribution in [0.25, 0.3) is 0 Å². The Bertz CT molecular complexity index is 142. The van der Waals surface area contributed by atoms with Crippen LogP contribution in [0.5, 0.6) is 0 Å². The Morgan fingerprint density at radius 3 is 2.90 bits per heavy atom. The lowest BCUT2D eigenvalue weighted by Gasteiger charge is -2.09. The zero-order valence-corrected chi connectivity index (χ0v) is 6.43. The summed E-state index contributed by atoms with van der Waals surface area (Å²) in [5.41, 5.74) is 0.509. The Hall–Kier alpha value is -0.0800. The molecule has 0 radical (unpaired) electrons. The molecule has 1 aliphatic carbocycles. The van der Waals surface area contributed by atoms with Crippen LogP contribution in [-0.2, 0) is 0 Å². The Morgan fingerprint density at radius 1 is 1.70 bits per heavy atom. The van der Waals surface area contributed by atoms with Crippen molar-refractivity contribution in [1.82, 2.24) is 5.32 Å². The fraction of sp³-hybridized carbons (Fsp3) is 1.00. The summed E-state index contributed by atoms with van der Waals surface area (Å²) in [5, 5.41) is 12.3. The summed E-state index contributed by atoms with van der Waals surface area (Å²) in [6.45, 7) is 4.91. The van der Waals surface area contributed by atoms with Gasteiger partial charge in [0.1, 0.15) is 0 Å². The van der Waals surface area contributed by atoms with E-state index < -0.39 is 0 Å². The molecule has 2 heteroatoms. The second kappa shape index (κ2) is 1.95. The molecule has 0 aromatic rings. The van der Waals surface area contributed by atoms with Gasteiger partial charge in [-0.05, 0) is 30.2 Å². The van der Waals surface area contributed by atoms with Crippen molar-refractivity contribution in [3.05, 3.63) is 0 Å². The van der Waals surface area contributed by atoms with Crippen molar-refractivity contribution in [3.63, 3.8) is 0 Å². The van der Waals surface area contributed by atoms with Crippen molar-refractivity contribution in [2.24, 2.45) is 17.3 Å². The van der Waals surface area contributed by atoms with Gasteiger partial charge in [-0.15, -0.1) is 0 Å². The van der Waals surface area contributed by atoms with Crippen molar-refractivity contribution >= 4 is 0 Å². The van der Waals surface area contributed by atoms with Crippen molar-refractivity contribution in [2.45, 2.75) is 13.3 Å². The molecule has 1 heterocycles. The molecule has 2 fully saturated rings. The lowest BCUT2D eigenvalue weighted by Crippen LogP contribution is -2.21. The van der Waals surface area contributed by atoms with E-state index >= 15 is 0 Å². The molecule has 0 spiro atoms. The standard InChI is InChI=1S/C8H15NO/c1-2-8-5-9-3-6(8)7(8)4-10/h6-7,9-10H,2-5H2,1H3. The molecular weight excluding hydrogens is 126 g/mol. The van der Waals surface area contributed by atoms with Crippen LogP contribution in [0.3, 0.4) is 0 Å². The molecule has 3 atom stereocenters. The smallest absolute Gasteiger partial charge is 0.0468 e. The molecule has 58 valence electrons. The minimum absolute atomic E-state index is 0.403. The van der Waals surface area contributed by atoms with E-state index in [2.05, 4.69) is 12.2 Å². The molecule has 1 saturated carbocycles. The van der Waals surface area contributed by atoms with Crippen molar-refractivity contribution in [3.8, 4) is 0 Å². The van der Waals surface area contributed by atoms with Crippen LogP contribution in [0.15, 0.2) is 0 Å². The molecule has 2 rings (SSSR count). The number of piperidine rings is 1. The average molecular weight is 141 g/mol. The van der Waals surface area contributed by atoms with Gasteiger partial charge in [0.05, 0.1) is 0 Å². The molecule has 2 aliphatic rings. The van der Waals surface area contributed by atoms with Gasteiger partial charge in [-0.2, -0.15) is 0 Å². The van der Waals surface area contributed by atoms with Gasteiger partial charge in [0, 0.05) is 13.2 Å². The number of aliphatic hydroxyl groups is 1. The van der Waals surface area contributed by atoms with E-state index in [1.165, 1.54) is 6.42 Å². The first-order valence-corrected chi connectivity index (χ1v) is 4.16. The predicted molar refractivity (Wildman–Crippen MR) is 39.7 cm³/mol. The minimum atomic E-state index is 0.403. The fourth-order valence-corrected chi connectivity index (χ4v) is 2.70. The highest BCUT2D eigenvalue weighted by atomic mass is 16.3. The van der Waals surface area contributed by atoms with Gasteiger partial charge in [-0.1, -0.05) is 6.92 Å². The molecule has 10 heavy (non-hydrogen) atoms. The number of hydrogen-bond donors (Lipinski definition) is 2. The fourth-order valence-electron chi connectivity index (χ4n) is 2.70. The Kier molecular flexibility index (Phi) is 1.29. The molecule has 3 unspecified atom stereocenters. The van der Waals surface area contributed by atoms with E-state index in [1.807, 2.05) is 0 Å². The first-order chi connectivity index (χ1) is 4.85. The Balaban J connectivity index is 2.07. The van der Waals surface area contributed by atoms with Gasteiger partial charge in [0.2, 0.25) is 0 Å². The summed E-state index contributed by atoms with van der Waals surface area (Å²) in [6.07, 6.45) is 1.23. The monoisotopic (exact) mass is 141 g/mol. The van der Waals surface area contributed by atoms with Gasteiger partial charge in [-0.25, -0.2) is 0 Å².